The summed E-state index contributed by atoms with van der Waals surface area (Å²) in [6.07, 6.45) is 2.04. The van der Waals surface area contributed by atoms with Crippen molar-refractivity contribution < 1.29 is 19.7 Å². The number of aliphatic hydroxyl groups is 1. The highest BCUT2D eigenvalue weighted by atomic mass is 35.5. The van der Waals surface area contributed by atoms with Gasteiger partial charge in [-0.05, 0) is 116 Å². The topological polar surface area (TPSA) is 70.0 Å². The van der Waals surface area contributed by atoms with E-state index in [-0.39, 0.29) is 6.42 Å². The monoisotopic (exact) mass is 673 g/mol. The Morgan fingerprint density at radius 3 is 2.35 bits per heavy atom. The summed E-state index contributed by atoms with van der Waals surface area (Å²) in [6.45, 7) is 12.7. The van der Waals surface area contributed by atoms with Crippen LogP contribution in [0.2, 0.25) is 5.02 Å². The summed E-state index contributed by atoms with van der Waals surface area (Å²) in [5.74, 6) is -0.0251. The van der Waals surface area contributed by atoms with Gasteiger partial charge in [-0.1, -0.05) is 59.4 Å². The van der Waals surface area contributed by atoms with Crippen LogP contribution in [0.15, 0.2) is 66.0 Å². The fourth-order valence-corrected chi connectivity index (χ4v) is 7.68. The number of ether oxygens (including phenoxy) is 1. The highest BCUT2D eigenvalue weighted by molar-refractivity contribution is 7.99. The molecule has 4 aromatic carbocycles. The number of rotatable bonds is 7. The van der Waals surface area contributed by atoms with Gasteiger partial charge in [0.25, 0.3) is 0 Å². The Hall–Kier alpha value is -3.49. The first-order chi connectivity index (χ1) is 21.7. The van der Waals surface area contributed by atoms with Crippen molar-refractivity contribution in [2.45, 2.75) is 66.7 Å². The molecule has 0 unspecified atom stereocenters. The van der Waals surface area contributed by atoms with E-state index >= 15 is 0 Å². The molecule has 0 saturated carbocycles. The smallest absolute Gasteiger partial charge is 0.307 e. The highest BCUT2D eigenvalue weighted by Crippen LogP contribution is 2.51. The van der Waals surface area contributed by atoms with E-state index in [0.717, 1.165) is 72.9 Å². The van der Waals surface area contributed by atoms with Gasteiger partial charge < -0.3 is 19.3 Å². The molecule has 0 aliphatic carbocycles. The molecule has 1 aliphatic rings. The summed E-state index contributed by atoms with van der Waals surface area (Å²) in [6, 6.07) is 20.7. The Morgan fingerprint density at radius 2 is 1.70 bits per heavy atom. The minimum atomic E-state index is -0.828. The van der Waals surface area contributed by atoms with E-state index in [0.29, 0.717) is 6.61 Å². The van der Waals surface area contributed by atoms with Gasteiger partial charge in [-0.2, -0.15) is 0 Å². The fraction of sp³-hybridized carbons (Fsp3) is 0.289. The molecule has 240 valence electrons. The van der Waals surface area contributed by atoms with Crippen LogP contribution in [0.25, 0.3) is 32.3 Å². The van der Waals surface area contributed by atoms with Crippen LogP contribution < -0.4 is 9.04 Å². The van der Waals surface area contributed by atoms with E-state index in [1.165, 1.54) is 15.8 Å². The van der Waals surface area contributed by atoms with Crippen molar-refractivity contribution in [1.82, 2.24) is 0 Å². The van der Waals surface area contributed by atoms with Gasteiger partial charge in [-0.25, -0.2) is 0 Å². The number of halogens is 1. The van der Waals surface area contributed by atoms with Crippen LogP contribution in [0.4, 0.5) is 5.69 Å². The number of carbonyl (C=O) groups is 1. The van der Waals surface area contributed by atoms with E-state index in [2.05, 4.69) is 79.2 Å². The second kappa shape index (κ2) is 13.7. The standard InChI is InChI=1S/C34H30ClNO3S2.C4H10O/c1-19-5-7-22(8-6-19)32-21(3)33-29-14-26(39-17-24-18-41-30-12-10-25(35)13-28(24)30)11-9-23(29)16-36(40-4)34(33)20(2)27(32)15-31(37)38;1-4(2,3)5/h5-14,18H,15-17H2,1-4H3,(H,37,38);5H,1-3H3. The molecule has 8 heteroatoms. The number of hydrogen-bond donors (Lipinski definition) is 2. The number of aliphatic carboxylic acids is 1. The van der Waals surface area contributed by atoms with Crippen molar-refractivity contribution in [1.29, 1.82) is 0 Å². The van der Waals surface area contributed by atoms with Gasteiger partial charge in [0.05, 0.1) is 24.3 Å². The van der Waals surface area contributed by atoms with E-state index < -0.39 is 11.6 Å². The zero-order chi connectivity index (χ0) is 33.3. The zero-order valence-electron chi connectivity index (χ0n) is 27.3. The molecule has 0 bridgehead atoms. The molecule has 1 aromatic heterocycles. The number of fused-ring (bicyclic) bond motifs is 4. The molecule has 2 heterocycles. The highest BCUT2D eigenvalue weighted by Gasteiger charge is 2.30. The van der Waals surface area contributed by atoms with Gasteiger partial charge in [0.15, 0.2) is 0 Å². The number of benzene rings is 4. The Labute approximate surface area is 284 Å². The zero-order valence-corrected chi connectivity index (χ0v) is 29.7. The number of thiophene rings is 1. The number of hydrogen-bond acceptors (Lipinski definition) is 6. The summed E-state index contributed by atoms with van der Waals surface area (Å²) < 4.78 is 9.85. The lowest BCUT2D eigenvalue weighted by molar-refractivity contribution is -0.136. The van der Waals surface area contributed by atoms with Crippen molar-refractivity contribution in [2.75, 3.05) is 10.6 Å². The predicted molar refractivity (Wildman–Crippen MR) is 196 cm³/mol. The Balaban J connectivity index is 0.000000775. The number of aryl methyl sites for hydroxylation is 1. The van der Waals surface area contributed by atoms with Crippen molar-refractivity contribution in [2.24, 2.45) is 0 Å². The second-order valence-electron chi connectivity index (χ2n) is 12.7. The third kappa shape index (κ3) is 7.39. The summed E-state index contributed by atoms with van der Waals surface area (Å²) in [5, 5.41) is 22.4. The quantitative estimate of drug-likeness (QED) is 0.168. The van der Waals surface area contributed by atoms with Crippen LogP contribution >= 0.6 is 34.9 Å². The van der Waals surface area contributed by atoms with Gasteiger partial charge >= 0.3 is 5.97 Å². The third-order valence-corrected chi connectivity index (χ3v) is 9.91. The molecule has 0 fully saturated rings. The largest absolute Gasteiger partial charge is 0.489 e. The molecule has 5 nitrogen and oxygen atoms in total. The number of anilines is 1. The average Bonchev–Trinajstić information content (AvgIpc) is 3.39. The lowest BCUT2D eigenvalue weighted by Gasteiger charge is -2.36. The molecule has 1 aliphatic heterocycles. The van der Waals surface area contributed by atoms with Crippen LogP contribution in [0.1, 0.15) is 54.2 Å². The normalized spacial score (nSPS) is 12.3. The summed E-state index contributed by atoms with van der Waals surface area (Å²) in [5.41, 5.74) is 11.4. The first-order valence-corrected chi connectivity index (χ1v) is 17.6. The van der Waals surface area contributed by atoms with E-state index in [1.54, 1.807) is 44.1 Å². The van der Waals surface area contributed by atoms with Crippen LogP contribution in [-0.2, 0) is 24.4 Å². The molecule has 0 amide bonds. The summed E-state index contributed by atoms with van der Waals surface area (Å²) >= 11 is 9.63. The maximum absolute atomic E-state index is 12.1. The van der Waals surface area contributed by atoms with Crippen LogP contribution in [-0.4, -0.2) is 28.0 Å². The maximum Gasteiger partial charge on any atom is 0.307 e. The van der Waals surface area contributed by atoms with Crippen LogP contribution in [0, 0.1) is 20.8 Å². The lowest BCUT2D eigenvalue weighted by atomic mass is 9.81. The van der Waals surface area contributed by atoms with Gasteiger partial charge in [-0.15, -0.1) is 11.3 Å². The molecule has 0 radical (unpaired) electrons. The van der Waals surface area contributed by atoms with Crippen molar-refractivity contribution in [3.8, 4) is 28.0 Å². The van der Waals surface area contributed by atoms with E-state index in [9.17, 15) is 9.90 Å². The Kier molecular flexibility index (Phi) is 10.1. The van der Waals surface area contributed by atoms with Gasteiger partial charge in [0.1, 0.15) is 12.4 Å². The average molecular weight is 674 g/mol. The molecule has 6 rings (SSSR count). The fourth-order valence-electron chi connectivity index (χ4n) is 5.90. The maximum atomic E-state index is 12.1. The number of carboxylic acids is 1. The van der Waals surface area contributed by atoms with E-state index in [1.807, 2.05) is 18.2 Å². The van der Waals surface area contributed by atoms with Crippen molar-refractivity contribution >= 4 is 56.6 Å². The van der Waals surface area contributed by atoms with Crippen LogP contribution in [0.3, 0.4) is 0 Å². The van der Waals surface area contributed by atoms with Gasteiger partial charge in [0, 0.05) is 32.5 Å². The predicted octanol–water partition coefficient (Wildman–Crippen LogP) is 10.4. The molecule has 2 N–H and O–H groups in total. The van der Waals surface area contributed by atoms with Crippen LogP contribution in [0.5, 0.6) is 5.75 Å². The first kappa shape index (κ1) is 33.9. The lowest BCUT2D eigenvalue weighted by Crippen LogP contribution is -2.22. The Bertz CT molecular complexity index is 1900. The van der Waals surface area contributed by atoms with Crippen molar-refractivity contribution in [3.05, 3.63) is 104 Å². The minimum absolute atomic E-state index is 0.0278. The molecular formula is C38H40ClNO4S2. The molecule has 0 spiro atoms. The summed E-state index contributed by atoms with van der Waals surface area (Å²) in [7, 11) is 0. The molecule has 0 saturated heterocycles. The third-order valence-electron chi connectivity index (χ3n) is 7.91. The molecule has 46 heavy (non-hydrogen) atoms. The summed E-state index contributed by atoms with van der Waals surface area (Å²) in [4.78, 5) is 12.1. The molecule has 5 aromatic rings. The molecular weight excluding hydrogens is 634 g/mol. The number of carboxylic acid groups (broad SMARTS) is 1. The number of nitrogens with zero attached hydrogens (tertiary/aromatic N) is 1. The van der Waals surface area contributed by atoms with Gasteiger partial charge in [-0.3, -0.25) is 4.79 Å². The van der Waals surface area contributed by atoms with Gasteiger partial charge in [0.2, 0.25) is 0 Å². The SMILES string of the molecule is CC(C)(C)O.CSN1Cc2ccc(OCc3csc4ccc(Cl)cc34)cc2-c2c(C)c(-c3ccc(C)cc3)c(CC(=O)O)c(C)c21. The molecule has 0 atom stereocenters. The second-order valence-corrected chi connectivity index (χ2v) is 14.8. The van der Waals surface area contributed by atoms with Crippen molar-refractivity contribution in [3.63, 3.8) is 0 Å². The Morgan fingerprint density at radius 1 is 1.00 bits per heavy atom. The van der Waals surface area contributed by atoms with E-state index in [4.69, 9.17) is 21.4 Å². The minimum Gasteiger partial charge on any atom is -0.489 e. The first-order valence-electron chi connectivity index (χ1n) is 15.2.